The lowest BCUT2D eigenvalue weighted by Gasteiger charge is -2.02. The van der Waals surface area contributed by atoms with Crippen molar-refractivity contribution in [3.63, 3.8) is 0 Å². The van der Waals surface area contributed by atoms with E-state index in [1.54, 1.807) is 6.92 Å². The van der Waals surface area contributed by atoms with Gasteiger partial charge in [-0.05, 0) is 19.1 Å². The average Bonchev–Trinajstić information content (AvgIpc) is 2.17. The van der Waals surface area contributed by atoms with E-state index in [4.69, 9.17) is 4.74 Å². The molecule has 0 aliphatic heterocycles. The van der Waals surface area contributed by atoms with Crippen molar-refractivity contribution in [1.82, 2.24) is 0 Å². The number of carbonyl (C=O) groups excluding carboxylic acids is 1. The third-order valence-electron chi connectivity index (χ3n) is 1.65. The van der Waals surface area contributed by atoms with Crippen molar-refractivity contribution in [3.05, 3.63) is 38.3 Å². The number of carbonyl (C=O) groups is 1. The molecule has 5 nitrogen and oxygen atoms in total. The van der Waals surface area contributed by atoms with E-state index in [0.29, 0.717) is 4.47 Å². The predicted octanol–water partition coefficient (Wildman–Crippen LogP) is 2.53. The van der Waals surface area contributed by atoms with Crippen LogP contribution in [0.25, 0.3) is 0 Å². The molecule has 0 saturated heterocycles. The minimum Gasteiger partial charge on any atom is -0.462 e. The third kappa shape index (κ3) is 2.76. The Balaban J connectivity index is 3.18. The Hall–Kier alpha value is -1.43. The average molecular weight is 274 g/mol. The summed E-state index contributed by atoms with van der Waals surface area (Å²) in [5.41, 5.74) is -0.298. The summed E-state index contributed by atoms with van der Waals surface area (Å²) in [5.74, 6) is -0.689. The Bertz CT molecular complexity index is 405. The summed E-state index contributed by atoms with van der Waals surface area (Å²) < 4.78 is 5.30. The molecule has 0 unspecified atom stereocenters. The van der Waals surface area contributed by atoms with Crippen LogP contribution in [0.5, 0.6) is 0 Å². The lowest BCUT2D eigenvalue weighted by molar-refractivity contribution is -0.385. The second kappa shape index (κ2) is 4.88. The molecule has 6 heteroatoms. The summed E-state index contributed by atoms with van der Waals surface area (Å²) in [6.45, 7) is 1.82. The van der Waals surface area contributed by atoms with Crippen molar-refractivity contribution in [1.29, 1.82) is 0 Å². The largest absolute Gasteiger partial charge is 0.462 e. The van der Waals surface area contributed by atoms with Crippen molar-refractivity contribution >= 4 is 27.6 Å². The molecule has 1 aromatic rings. The maximum absolute atomic E-state index is 11.4. The van der Waals surface area contributed by atoms with E-state index in [-0.39, 0.29) is 17.9 Å². The number of esters is 1. The van der Waals surface area contributed by atoms with Crippen LogP contribution in [0.2, 0.25) is 0 Å². The van der Waals surface area contributed by atoms with Crippen LogP contribution in [0.3, 0.4) is 0 Å². The van der Waals surface area contributed by atoms with E-state index in [1.165, 1.54) is 18.2 Å². The summed E-state index contributed by atoms with van der Waals surface area (Å²) in [4.78, 5) is 21.4. The van der Waals surface area contributed by atoms with E-state index in [2.05, 4.69) is 15.9 Å². The lowest BCUT2D eigenvalue weighted by Crippen LogP contribution is -2.07. The van der Waals surface area contributed by atoms with Crippen LogP contribution in [0.15, 0.2) is 22.7 Å². The molecule has 15 heavy (non-hydrogen) atoms. The van der Waals surface area contributed by atoms with Crippen molar-refractivity contribution in [2.75, 3.05) is 6.61 Å². The van der Waals surface area contributed by atoms with E-state index in [1.807, 2.05) is 0 Å². The molecule has 1 aromatic carbocycles. The van der Waals surface area contributed by atoms with Crippen LogP contribution in [0, 0.1) is 10.1 Å². The van der Waals surface area contributed by atoms with Gasteiger partial charge in [-0.25, -0.2) is 4.79 Å². The van der Waals surface area contributed by atoms with Crippen LogP contribution in [-0.4, -0.2) is 17.5 Å². The molecule has 0 bridgehead atoms. The van der Waals surface area contributed by atoms with Gasteiger partial charge < -0.3 is 4.74 Å². The molecule has 0 N–H and O–H groups in total. The van der Waals surface area contributed by atoms with E-state index >= 15 is 0 Å². The zero-order valence-electron chi connectivity index (χ0n) is 7.90. The van der Waals surface area contributed by atoms with Crippen molar-refractivity contribution in [3.8, 4) is 0 Å². The number of nitrogens with zero attached hydrogens (tertiary/aromatic N) is 1. The zero-order chi connectivity index (χ0) is 11.4. The molecule has 0 amide bonds. The van der Waals surface area contributed by atoms with Crippen LogP contribution in [0.1, 0.15) is 17.3 Å². The van der Waals surface area contributed by atoms with Gasteiger partial charge in [0.1, 0.15) is 5.56 Å². The highest BCUT2D eigenvalue weighted by atomic mass is 79.9. The molecular weight excluding hydrogens is 266 g/mol. The summed E-state index contributed by atoms with van der Waals surface area (Å²) in [7, 11) is 0. The summed E-state index contributed by atoms with van der Waals surface area (Å²) in [6, 6.07) is 4.13. The number of nitro groups is 1. The number of hydrogen-bond acceptors (Lipinski definition) is 4. The number of benzene rings is 1. The molecular formula is C9H8BrNO4. The summed E-state index contributed by atoms with van der Waals surface area (Å²) in [6.07, 6.45) is 0. The molecule has 80 valence electrons. The molecule has 0 radical (unpaired) electrons. The minimum absolute atomic E-state index is 0.0452. The van der Waals surface area contributed by atoms with Gasteiger partial charge in [-0.1, -0.05) is 15.9 Å². The zero-order valence-corrected chi connectivity index (χ0v) is 9.48. The molecule has 0 atom stereocenters. The Kier molecular flexibility index (Phi) is 3.79. The molecule has 0 saturated carbocycles. The van der Waals surface area contributed by atoms with E-state index in [0.717, 1.165) is 0 Å². The summed E-state index contributed by atoms with van der Waals surface area (Å²) >= 11 is 3.13. The fourth-order valence-corrected chi connectivity index (χ4v) is 1.40. The normalized spacial score (nSPS) is 9.73. The van der Waals surface area contributed by atoms with Gasteiger partial charge in [-0.3, -0.25) is 10.1 Å². The van der Waals surface area contributed by atoms with Crippen molar-refractivity contribution in [2.45, 2.75) is 6.92 Å². The monoisotopic (exact) mass is 273 g/mol. The van der Waals surface area contributed by atoms with Crippen LogP contribution < -0.4 is 0 Å². The van der Waals surface area contributed by atoms with Gasteiger partial charge in [0.05, 0.1) is 11.5 Å². The first-order chi connectivity index (χ1) is 7.06. The first kappa shape index (κ1) is 11.6. The Morgan fingerprint density at radius 1 is 1.60 bits per heavy atom. The second-order valence-electron chi connectivity index (χ2n) is 2.64. The fourth-order valence-electron chi connectivity index (χ4n) is 1.04. The van der Waals surface area contributed by atoms with Gasteiger partial charge in [0.25, 0.3) is 5.69 Å². The molecule has 0 aromatic heterocycles. The first-order valence-corrected chi connectivity index (χ1v) is 4.96. The number of rotatable bonds is 3. The predicted molar refractivity (Wildman–Crippen MR) is 56.8 cm³/mol. The van der Waals surface area contributed by atoms with Gasteiger partial charge in [-0.15, -0.1) is 0 Å². The molecule has 1 rings (SSSR count). The summed E-state index contributed by atoms with van der Waals surface area (Å²) in [5, 5.41) is 10.6. The highest BCUT2D eigenvalue weighted by Crippen LogP contribution is 2.23. The van der Waals surface area contributed by atoms with Gasteiger partial charge >= 0.3 is 5.97 Å². The Labute approximate surface area is 94.3 Å². The fraction of sp³-hybridized carbons (Fsp3) is 0.222. The Morgan fingerprint density at radius 3 is 2.80 bits per heavy atom. The standard InChI is InChI=1S/C9H8BrNO4/c1-2-15-9(12)7-5-6(10)3-4-8(7)11(13)14/h3-5H,2H2,1H3. The van der Waals surface area contributed by atoms with Crippen LogP contribution >= 0.6 is 15.9 Å². The van der Waals surface area contributed by atoms with Gasteiger partial charge in [0, 0.05) is 10.5 Å². The lowest BCUT2D eigenvalue weighted by atomic mass is 10.2. The molecule has 0 aliphatic carbocycles. The highest BCUT2D eigenvalue weighted by Gasteiger charge is 2.21. The van der Waals surface area contributed by atoms with Gasteiger partial charge in [0.2, 0.25) is 0 Å². The van der Waals surface area contributed by atoms with E-state index < -0.39 is 10.9 Å². The SMILES string of the molecule is CCOC(=O)c1cc(Br)ccc1[N+](=O)[O-]. The third-order valence-corrected chi connectivity index (χ3v) is 2.14. The first-order valence-electron chi connectivity index (χ1n) is 4.17. The van der Waals surface area contributed by atoms with Crippen molar-refractivity contribution < 1.29 is 14.5 Å². The smallest absolute Gasteiger partial charge is 0.345 e. The quantitative estimate of drug-likeness (QED) is 0.482. The number of halogens is 1. The second-order valence-corrected chi connectivity index (χ2v) is 3.55. The van der Waals surface area contributed by atoms with Crippen LogP contribution in [0.4, 0.5) is 5.69 Å². The molecule has 0 fully saturated rings. The van der Waals surface area contributed by atoms with E-state index in [9.17, 15) is 14.9 Å². The van der Waals surface area contributed by atoms with Gasteiger partial charge in [0.15, 0.2) is 0 Å². The molecule has 0 aliphatic rings. The van der Waals surface area contributed by atoms with Gasteiger partial charge in [-0.2, -0.15) is 0 Å². The number of ether oxygens (including phenoxy) is 1. The maximum Gasteiger partial charge on any atom is 0.345 e. The van der Waals surface area contributed by atoms with Crippen LogP contribution in [-0.2, 0) is 4.74 Å². The van der Waals surface area contributed by atoms with Crippen molar-refractivity contribution in [2.24, 2.45) is 0 Å². The number of nitro benzene ring substituents is 1. The maximum atomic E-state index is 11.4. The topological polar surface area (TPSA) is 69.4 Å². The Morgan fingerprint density at radius 2 is 2.27 bits per heavy atom. The minimum atomic E-state index is -0.689. The molecule has 0 heterocycles. The molecule has 0 spiro atoms. The number of hydrogen-bond donors (Lipinski definition) is 0. The highest BCUT2D eigenvalue weighted by molar-refractivity contribution is 9.10.